The predicted molar refractivity (Wildman–Crippen MR) is 83.8 cm³/mol. The molecular weight excluding hydrogens is 304 g/mol. The summed E-state index contributed by atoms with van der Waals surface area (Å²) in [6.07, 6.45) is 0. The van der Waals surface area contributed by atoms with E-state index in [1.165, 1.54) is 15.7 Å². The standard InChI is InChI=1S/C15H23BrN2O/c1-4-17-10-12-5-6-14(13(16)9-12)18-7-8-19-15(2,3)11-18/h5-6,9,17H,4,7-8,10-11H2,1-3H3. The molecular formula is C15H23BrN2O. The Labute approximate surface area is 124 Å². The van der Waals surface area contributed by atoms with E-state index >= 15 is 0 Å². The van der Waals surface area contributed by atoms with Crippen LogP contribution in [-0.4, -0.2) is 31.8 Å². The third kappa shape index (κ3) is 3.94. The van der Waals surface area contributed by atoms with Crippen LogP contribution in [0.2, 0.25) is 0 Å². The van der Waals surface area contributed by atoms with Crippen molar-refractivity contribution in [2.45, 2.75) is 32.9 Å². The second-order valence-electron chi connectivity index (χ2n) is 5.60. The number of ether oxygens (including phenoxy) is 1. The molecule has 0 aromatic heterocycles. The summed E-state index contributed by atoms with van der Waals surface area (Å²) in [6, 6.07) is 6.61. The minimum atomic E-state index is -0.0693. The van der Waals surface area contributed by atoms with Crippen molar-refractivity contribution in [1.82, 2.24) is 5.32 Å². The van der Waals surface area contributed by atoms with E-state index in [1.807, 2.05) is 0 Å². The van der Waals surface area contributed by atoms with Crippen molar-refractivity contribution < 1.29 is 4.74 Å². The fourth-order valence-corrected chi connectivity index (χ4v) is 3.09. The molecule has 19 heavy (non-hydrogen) atoms. The van der Waals surface area contributed by atoms with E-state index in [4.69, 9.17) is 4.74 Å². The van der Waals surface area contributed by atoms with Crippen LogP contribution < -0.4 is 10.2 Å². The molecule has 1 N–H and O–H groups in total. The Morgan fingerprint density at radius 3 is 2.84 bits per heavy atom. The zero-order valence-corrected chi connectivity index (χ0v) is 13.6. The molecule has 4 heteroatoms. The topological polar surface area (TPSA) is 24.5 Å². The number of nitrogens with zero attached hydrogens (tertiary/aromatic N) is 1. The number of hydrogen-bond acceptors (Lipinski definition) is 3. The number of rotatable bonds is 4. The molecule has 3 nitrogen and oxygen atoms in total. The molecule has 1 saturated heterocycles. The summed E-state index contributed by atoms with van der Waals surface area (Å²) in [6.45, 7) is 11.0. The molecule has 1 heterocycles. The minimum Gasteiger partial charge on any atom is -0.372 e. The van der Waals surface area contributed by atoms with Crippen LogP contribution in [0.1, 0.15) is 26.3 Å². The van der Waals surface area contributed by atoms with E-state index in [0.29, 0.717) is 0 Å². The summed E-state index contributed by atoms with van der Waals surface area (Å²) in [5, 5.41) is 3.35. The lowest BCUT2D eigenvalue weighted by Gasteiger charge is -2.39. The number of anilines is 1. The molecule has 0 unspecified atom stereocenters. The monoisotopic (exact) mass is 326 g/mol. The first kappa shape index (κ1) is 14.8. The number of benzene rings is 1. The molecule has 0 aliphatic carbocycles. The number of morpholine rings is 1. The van der Waals surface area contributed by atoms with Crippen LogP contribution in [0.5, 0.6) is 0 Å². The number of hydrogen-bond donors (Lipinski definition) is 1. The third-order valence-electron chi connectivity index (χ3n) is 3.36. The van der Waals surface area contributed by atoms with Crippen molar-refractivity contribution in [3.63, 3.8) is 0 Å². The predicted octanol–water partition coefficient (Wildman–Crippen LogP) is 3.17. The van der Waals surface area contributed by atoms with Crippen LogP contribution in [0.15, 0.2) is 22.7 Å². The highest BCUT2D eigenvalue weighted by atomic mass is 79.9. The quantitative estimate of drug-likeness (QED) is 0.919. The van der Waals surface area contributed by atoms with Crippen molar-refractivity contribution >= 4 is 21.6 Å². The van der Waals surface area contributed by atoms with E-state index in [9.17, 15) is 0 Å². The first-order chi connectivity index (χ1) is 9.02. The Kier molecular flexibility index (Phi) is 4.87. The van der Waals surface area contributed by atoms with E-state index in [-0.39, 0.29) is 5.60 Å². The molecule has 1 aromatic rings. The highest BCUT2D eigenvalue weighted by Crippen LogP contribution is 2.30. The minimum absolute atomic E-state index is 0.0693. The first-order valence-corrected chi connectivity index (χ1v) is 7.69. The van der Waals surface area contributed by atoms with E-state index in [2.05, 4.69) is 65.1 Å². The van der Waals surface area contributed by atoms with Crippen LogP contribution in [-0.2, 0) is 11.3 Å². The summed E-state index contributed by atoms with van der Waals surface area (Å²) < 4.78 is 6.93. The second-order valence-corrected chi connectivity index (χ2v) is 6.45. The largest absolute Gasteiger partial charge is 0.372 e. The maximum Gasteiger partial charge on any atom is 0.0801 e. The summed E-state index contributed by atoms with van der Waals surface area (Å²) in [5.41, 5.74) is 2.50. The normalized spacial score (nSPS) is 18.6. The van der Waals surface area contributed by atoms with Gasteiger partial charge in [-0.2, -0.15) is 0 Å². The van der Waals surface area contributed by atoms with Crippen LogP contribution in [0.4, 0.5) is 5.69 Å². The van der Waals surface area contributed by atoms with Crippen molar-refractivity contribution in [1.29, 1.82) is 0 Å². The van der Waals surface area contributed by atoms with Gasteiger partial charge in [0.25, 0.3) is 0 Å². The number of halogens is 1. The average molecular weight is 327 g/mol. The van der Waals surface area contributed by atoms with Gasteiger partial charge in [0.15, 0.2) is 0 Å². The van der Waals surface area contributed by atoms with Gasteiger partial charge in [-0.3, -0.25) is 0 Å². The van der Waals surface area contributed by atoms with Gasteiger partial charge in [-0.05, 0) is 54.0 Å². The van der Waals surface area contributed by atoms with Gasteiger partial charge in [0.1, 0.15) is 0 Å². The molecule has 106 valence electrons. The molecule has 0 radical (unpaired) electrons. The molecule has 0 bridgehead atoms. The molecule has 0 atom stereocenters. The third-order valence-corrected chi connectivity index (χ3v) is 3.99. The molecule has 1 fully saturated rings. The molecule has 0 amide bonds. The zero-order chi connectivity index (χ0) is 13.9. The van der Waals surface area contributed by atoms with Crippen LogP contribution in [0, 0.1) is 0 Å². The van der Waals surface area contributed by atoms with Gasteiger partial charge in [-0.25, -0.2) is 0 Å². The Morgan fingerprint density at radius 1 is 1.42 bits per heavy atom. The fraction of sp³-hybridized carbons (Fsp3) is 0.600. The first-order valence-electron chi connectivity index (χ1n) is 6.90. The fourth-order valence-electron chi connectivity index (χ4n) is 2.41. The number of nitrogens with one attached hydrogen (secondary N) is 1. The Hall–Kier alpha value is -0.580. The van der Waals surface area contributed by atoms with Gasteiger partial charge in [0, 0.05) is 24.1 Å². The molecule has 2 rings (SSSR count). The maximum atomic E-state index is 5.77. The van der Waals surface area contributed by atoms with Gasteiger partial charge in [-0.1, -0.05) is 13.0 Å². The molecule has 1 aliphatic rings. The molecule has 0 saturated carbocycles. The summed E-state index contributed by atoms with van der Waals surface area (Å²) >= 11 is 3.70. The average Bonchev–Trinajstić information content (AvgIpc) is 2.35. The van der Waals surface area contributed by atoms with Crippen molar-refractivity contribution in [2.75, 3.05) is 31.1 Å². The van der Waals surface area contributed by atoms with Gasteiger partial charge in [-0.15, -0.1) is 0 Å². The lowest BCUT2D eigenvalue weighted by molar-refractivity contribution is -0.0277. The summed E-state index contributed by atoms with van der Waals surface area (Å²) in [5.74, 6) is 0. The van der Waals surface area contributed by atoms with Crippen LogP contribution in [0.3, 0.4) is 0 Å². The molecule has 1 aromatic carbocycles. The SMILES string of the molecule is CCNCc1ccc(N2CCOC(C)(C)C2)c(Br)c1. The highest BCUT2D eigenvalue weighted by molar-refractivity contribution is 9.10. The van der Waals surface area contributed by atoms with Crippen molar-refractivity contribution in [3.8, 4) is 0 Å². The Morgan fingerprint density at radius 2 is 2.21 bits per heavy atom. The van der Waals surface area contributed by atoms with Crippen LogP contribution in [0.25, 0.3) is 0 Å². The maximum absolute atomic E-state index is 5.77. The van der Waals surface area contributed by atoms with E-state index in [1.54, 1.807) is 0 Å². The zero-order valence-electron chi connectivity index (χ0n) is 12.0. The van der Waals surface area contributed by atoms with Gasteiger partial charge >= 0.3 is 0 Å². The van der Waals surface area contributed by atoms with Crippen molar-refractivity contribution in [2.24, 2.45) is 0 Å². The highest BCUT2D eigenvalue weighted by Gasteiger charge is 2.28. The van der Waals surface area contributed by atoms with E-state index in [0.717, 1.165) is 32.8 Å². The molecule has 1 aliphatic heterocycles. The smallest absolute Gasteiger partial charge is 0.0801 e. The Balaban J connectivity index is 2.12. The second kappa shape index (κ2) is 6.25. The van der Waals surface area contributed by atoms with Gasteiger partial charge in [0.2, 0.25) is 0 Å². The summed E-state index contributed by atoms with van der Waals surface area (Å²) in [4.78, 5) is 2.39. The Bertz CT molecular complexity index is 434. The molecule has 0 spiro atoms. The lowest BCUT2D eigenvalue weighted by Crippen LogP contribution is -2.48. The lowest BCUT2D eigenvalue weighted by atomic mass is 10.1. The van der Waals surface area contributed by atoms with Gasteiger partial charge in [0.05, 0.1) is 17.9 Å². The van der Waals surface area contributed by atoms with Crippen molar-refractivity contribution in [3.05, 3.63) is 28.2 Å². The summed E-state index contributed by atoms with van der Waals surface area (Å²) in [7, 11) is 0. The van der Waals surface area contributed by atoms with E-state index < -0.39 is 0 Å². The van der Waals surface area contributed by atoms with Gasteiger partial charge < -0.3 is 15.0 Å². The van der Waals surface area contributed by atoms with Crippen LogP contribution >= 0.6 is 15.9 Å².